The minimum atomic E-state index is 0.585. The molecule has 0 amide bonds. The second kappa shape index (κ2) is 3.11. The molecule has 13 heavy (non-hydrogen) atoms. The SMILES string of the molecule is N#Cc1ccnc(-c2ccco2)c1. The molecule has 0 aliphatic carbocycles. The zero-order chi connectivity index (χ0) is 9.10. The molecular formula is C10H6N2O. The van der Waals surface area contributed by atoms with Gasteiger partial charge in [0.25, 0.3) is 0 Å². The largest absolute Gasteiger partial charge is 0.463 e. The van der Waals surface area contributed by atoms with Crippen LogP contribution in [-0.4, -0.2) is 4.98 Å². The highest BCUT2D eigenvalue weighted by atomic mass is 16.3. The minimum Gasteiger partial charge on any atom is -0.463 e. The van der Waals surface area contributed by atoms with Gasteiger partial charge >= 0.3 is 0 Å². The standard InChI is InChI=1S/C10H6N2O/c11-7-8-3-4-12-9(6-8)10-2-1-5-13-10/h1-6H. The van der Waals surface area contributed by atoms with Gasteiger partial charge in [-0.1, -0.05) is 0 Å². The maximum atomic E-state index is 8.65. The number of aromatic nitrogens is 1. The fraction of sp³-hybridized carbons (Fsp3) is 0. The molecule has 0 unspecified atom stereocenters. The molecule has 0 aromatic carbocycles. The molecule has 0 atom stereocenters. The maximum absolute atomic E-state index is 8.65. The van der Waals surface area contributed by atoms with Crippen molar-refractivity contribution in [2.24, 2.45) is 0 Å². The van der Waals surface area contributed by atoms with Crippen LogP contribution in [0.25, 0.3) is 11.5 Å². The lowest BCUT2D eigenvalue weighted by Crippen LogP contribution is -1.82. The summed E-state index contributed by atoms with van der Waals surface area (Å²) in [4.78, 5) is 4.08. The maximum Gasteiger partial charge on any atom is 0.152 e. The summed E-state index contributed by atoms with van der Waals surface area (Å²) in [7, 11) is 0. The number of furan rings is 1. The van der Waals surface area contributed by atoms with Gasteiger partial charge in [0.05, 0.1) is 17.9 Å². The molecule has 62 valence electrons. The molecule has 0 aliphatic heterocycles. The summed E-state index contributed by atoms with van der Waals surface area (Å²) in [6.07, 6.45) is 3.17. The Bertz CT molecular complexity index is 440. The van der Waals surface area contributed by atoms with Gasteiger partial charge in [-0.2, -0.15) is 5.26 Å². The number of nitriles is 1. The molecule has 0 spiro atoms. The minimum absolute atomic E-state index is 0.585. The van der Waals surface area contributed by atoms with Crippen LogP contribution in [0, 0.1) is 11.3 Å². The van der Waals surface area contributed by atoms with Gasteiger partial charge in [-0.25, -0.2) is 0 Å². The molecule has 2 rings (SSSR count). The molecule has 2 aromatic heterocycles. The van der Waals surface area contributed by atoms with E-state index >= 15 is 0 Å². The number of hydrogen-bond donors (Lipinski definition) is 0. The third kappa shape index (κ3) is 1.42. The first-order chi connectivity index (χ1) is 6.40. The van der Waals surface area contributed by atoms with Gasteiger partial charge < -0.3 is 4.42 Å². The molecule has 3 nitrogen and oxygen atoms in total. The Morgan fingerprint density at radius 2 is 2.31 bits per heavy atom. The molecule has 0 saturated carbocycles. The van der Waals surface area contributed by atoms with Gasteiger partial charge in [-0.05, 0) is 24.3 Å². The van der Waals surface area contributed by atoms with E-state index < -0.39 is 0 Å². The summed E-state index contributed by atoms with van der Waals surface area (Å²) < 4.78 is 5.15. The molecule has 3 heteroatoms. The Kier molecular flexibility index (Phi) is 1.81. The van der Waals surface area contributed by atoms with E-state index in [2.05, 4.69) is 4.98 Å². The van der Waals surface area contributed by atoms with Crippen molar-refractivity contribution in [3.63, 3.8) is 0 Å². The predicted molar refractivity (Wildman–Crippen MR) is 46.7 cm³/mol. The highest BCUT2D eigenvalue weighted by Crippen LogP contribution is 2.17. The Balaban J connectivity index is 2.49. The molecule has 0 radical (unpaired) electrons. The molecule has 0 aliphatic rings. The van der Waals surface area contributed by atoms with Gasteiger partial charge in [0.2, 0.25) is 0 Å². The van der Waals surface area contributed by atoms with Crippen LogP contribution in [-0.2, 0) is 0 Å². The van der Waals surface area contributed by atoms with Crippen molar-refractivity contribution in [3.8, 4) is 17.5 Å². The number of hydrogen-bond acceptors (Lipinski definition) is 3. The monoisotopic (exact) mass is 170 g/mol. The molecular weight excluding hydrogens is 164 g/mol. The fourth-order valence-corrected chi connectivity index (χ4v) is 1.06. The van der Waals surface area contributed by atoms with E-state index in [1.54, 1.807) is 30.7 Å². The van der Waals surface area contributed by atoms with E-state index in [1.165, 1.54) is 0 Å². The van der Waals surface area contributed by atoms with Crippen LogP contribution in [0.2, 0.25) is 0 Å². The first-order valence-corrected chi connectivity index (χ1v) is 3.80. The van der Waals surface area contributed by atoms with Crippen LogP contribution >= 0.6 is 0 Å². The fourth-order valence-electron chi connectivity index (χ4n) is 1.06. The average molecular weight is 170 g/mol. The first kappa shape index (κ1) is 7.56. The lowest BCUT2D eigenvalue weighted by atomic mass is 10.2. The van der Waals surface area contributed by atoms with Crippen molar-refractivity contribution in [1.29, 1.82) is 5.26 Å². The quantitative estimate of drug-likeness (QED) is 0.659. The number of pyridine rings is 1. The van der Waals surface area contributed by atoms with Crippen molar-refractivity contribution in [2.45, 2.75) is 0 Å². The zero-order valence-corrected chi connectivity index (χ0v) is 6.77. The lowest BCUT2D eigenvalue weighted by Gasteiger charge is -1.94. The summed E-state index contributed by atoms with van der Waals surface area (Å²) in [5.74, 6) is 0.678. The van der Waals surface area contributed by atoms with E-state index in [1.807, 2.05) is 12.1 Å². The molecule has 0 fully saturated rings. The van der Waals surface area contributed by atoms with Crippen LogP contribution in [0.5, 0.6) is 0 Å². The van der Waals surface area contributed by atoms with E-state index in [4.69, 9.17) is 9.68 Å². The van der Waals surface area contributed by atoms with Crippen molar-refractivity contribution in [2.75, 3.05) is 0 Å². The summed E-state index contributed by atoms with van der Waals surface area (Å²) >= 11 is 0. The first-order valence-electron chi connectivity index (χ1n) is 3.80. The molecule has 2 aromatic rings. The van der Waals surface area contributed by atoms with Gasteiger partial charge in [0, 0.05) is 6.20 Å². The smallest absolute Gasteiger partial charge is 0.152 e. The third-order valence-electron chi connectivity index (χ3n) is 1.66. The zero-order valence-electron chi connectivity index (χ0n) is 6.77. The predicted octanol–water partition coefficient (Wildman–Crippen LogP) is 2.21. The van der Waals surface area contributed by atoms with Crippen LogP contribution in [0.4, 0.5) is 0 Å². The van der Waals surface area contributed by atoms with Crippen molar-refractivity contribution >= 4 is 0 Å². The van der Waals surface area contributed by atoms with Crippen LogP contribution in [0.1, 0.15) is 5.56 Å². The molecule has 2 heterocycles. The van der Waals surface area contributed by atoms with Crippen LogP contribution in [0.15, 0.2) is 41.1 Å². The van der Waals surface area contributed by atoms with E-state index in [0.29, 0.717) is 17.0 Å². The van der Waals surface area contributed by atoms with Gasteiger partial charge in [0.1, 0.15) is 5.69 Å². The average Bonchev–Trinajstić information content (AvgIpc) is 2.71. The lowest BCUT2D eigenvalue weighted by molar-refractivity contribution is 0.580. The molecule has 0 saturated heterocycles. The Morgan fingerprint density at radius 3 is 3.00 bits per heavy atom. The Morgan fingerprint density at radius 1 is 1.38 bits per heavy atom. The number of rotatable bonds is 1. The normalized spacial score (nSPS) is 9.46. The van der Waals surface area contributed by atoms with Crippen LogP contribution < -0.4 is 0 Å². The second-order valence-electron chi connectivity index (χ2n) is 2.52. The molecule has 0 N–H and O–H groups in total. The second-order valence-corrected chi connectivity index (χ2v) is 2.52. The summed E-state index contributed by atoms with van der Waals surface area (Å²) in [6, 6.07) is 9.00. The van der Waals surface area contributed by atoms with Crippen LogP contribution in [0.3, 0.4) is 0 Å². The molecule has 0 bridgehead atoms. The third-order valence-corrected chi connectivity index (χ3v) is 1.66. The summed E-state index contributed by atoms with van der Waals surface area (Å²) in [6.45, 7) is 0. The number of nitrogens with zero attached hydrogens (tertiary/aromatic N) is 2. The highest BCUT2D eigenvalue weighted by molar-refractivity contribution is 5.54. The van der Waals surface area contributed by atoms with Gasteiger partial charge in [0.15, 0.2) is 5.76 Å². The highest BCUT2D eigenvalue weighted by Gasteiger charge is 2.01. The van der Waals surface area contributed by atoms with E-state index in [0.717, 1.165) is 0 Å². The van der Waals surface area contributed by atoms with Crippen molar-refractivity contribution in [3.05, 3.63) is 42.3 Å². The topological polar surface area (TPSA) is 49.8 Å². The van der Waals surface area contributed by atoms with Gasteiger partial charge in [-0.15, -0.1) is 0 Å². The van der Waals surface area contributed by atoms with Crippen molar-refractivity contribution < 1.29 is 4.42 Å². The Labute approximate surface area is 75.3 Å². The van der Waals surface area contributed by atoms with E-state index in [9.17, 15) is 0 Å². The van der Waals surface area contributed by atoms with Gasteiger partial charge in [-0.3, -0.25) is 4.98 Å². The van der Waals surface area contributed by atoms with E-state index in [-0.39, 0.29) is 0 Å². The summed E-state index contributed by atoms with van der Waals surface area (Å²) in [5, 5.41) is 8.65. The Hall–Kier alpha value is -2.08. The van der Waals surface area contributed by atoms with Crippen molar-refractivity contribution in [1.82, 2.24) is 4.98 Å². The summed E-state index contributed by atoms with van der Waals surface area (Å²) in [5.41, 5.74) is 1.27.